The van der Waals surface area contributed by atoms with E-state index in [2.05, 4.69) is 17.2 Å². The monoisotopic (exact) mass is 501 g/mol. The van der Waals surface area contributed by atoms with E-state index in [0.717, 1.165) is 18.6 Å². The summed E-state index contributed by atoms with van der Waals surface area (Å²) in [7, 11) is 1.33. The number of carbonyl (C=O) groups is 3. The van der Waals surface area contributed by atoms with E-state index < -0.39 is 24.5 Å². The van der Waals surface area contributed by atoms with Crippen LogP contribution in [0, 0.1) is 0 Å². The first-order valence-corrected chi connectivity index (χ1v) is 12.2. The zero-order valence-corrected chi connectivity index (χ0v) is 20.9. The quantitative estimate of drug-likeness (QED) is 0.272. The van der Waals surface area contributed by atoms with Crippen LogP contribution in [-0.2, 0) is 4.79 Å². The van der Waals surface area contributed by atoms with Crippen molar-refractivity contribution in [2.75, 3.05) is 25.6 Å². The third kappa shape index (κ3) is 10.6. The molecule has 10 heteroatoms. The van der Waals surface area contributed by atoms with Crippen molar-refractivity contribution < 1.29 is 33.7 Å². The largest absolute Gasteiger partial charge is 0.494 e. The Morgan fingerprint density at radius 2 is 1.64 bits per heavy atom. The number of carboxylic acids is 1. The molecule has 0 aliphatic carbocycles. The standard InChI is InChI=1S/C26H35N3O7/c1-3-4-5-6-7-8-9-10-15-35-21-13-11-20(12-14-21)29-24(32)19-16-22(34-2)25(27-17-19)36-26(33)28-18-23(30)31/h11-14,16-17H,3-10,15,18H2,1-2H3,(H,28,33)(H,29,32)(H,30,31). The lowest BCUT2D eigenvalue weighted by atomic mass is 10.1. The Balaban J connectivity index is 1.79. The van der Waals surface area contributed by atoms with Crippen molar-refractivity contribution in [3.8, 4) is 17.4 Å². The van der Waals surface area contributed by atoms with Gasteiger partial charge in [0.2, 0.25) is 0 Å². The smallest absolute Gasteiger partial charge is 0.414 e. The maximum absolute atomic E-state index is 12.6. The summed E-state index contributed by atoms with van der Waals surface area (Å²) < 4.78 is 15.8. The fraction of sp³-hybridized carbons (Fsp3) is 0.462. The number of ether oxygens (including phenoxy) is 3. The van der Waals surface area contributed by atoms with Crippen molar-refractivity contribution in [3.05, 3.63) is 42.1 Å². The Kier molecular flexibility index (Phi) is 12.6. The van der Waals surface area contributed by atoms with Crippen molar-refractivity contribution in [1.82, 2.24) is 10.3 Å². The van der Waals surface area contributed by atoms with Crippen molar-refractivity contribution in [2.24, 2.45) is 0 Å². The lowest BCUT2D eigenvalue weighted by Gasteiger charge is -2.11. The molecule has 0 bridgehead atoms. The minimum Gasteiger partial charge on any atom is -0.494 e. The molecular weight excluding hydrogens is 466 g/mol. The van der Waals surface area contributed by atoms with E-state index in [9.17, 15) is 14.4 Å². The average Bonchev–Trinajstić information content (AvgIpc) is 2.87. The lowest BCUT2D eigenvalue weighted by molar-refractivity contribution is -0.135. The molecule has 1 aromatic carbocycles. The number of benzene rings is 1. The molecule has 0 radical (unpaired) electrons. The second-order valence-corrected chi connectivity index (χ2v) is 8.17. The van der Waals surface area contributed by atoms with Crippen LogP contribution in [-0.4, -0.2) is 48.3 Å². The van der Waals surface area contributed by atoms with E-state index in [1.54, 1.807) is 24.3 Å². The van der Waals surface area contributed by atoms with Gasteiger partial charge in [-0.1, -0.05) is 51.9 Å². The van der Waals surface area contributed by atoms with E-state index in [-0.39, 0.29) is 17.2 Å². The predicted molar refractivity (Wildman–Crippen MR) is 135 cm³/mol. The number of methoxy groups -OCH3 is 1. The van der Waals surface area contributed by atoms with E-state index in [1.165, 1.54) is 57.9 Å². The normalized spacial score (nSPS) is 10.4. The molecule has 196 valence electrons. The summed E-state index contributed by atoms with van der Waals surface area (Å²) in [5.74, 6) is -1.08. The molecule has 0 saturated heterocycles. The highest BCUT2D eigenvalue weighted by molar-refractivity contribution is 6.04. The molecule has 1 heterocycles. The number of pyridine rings is 1. The van der Waals surface area contributed by atoms with Crippen LogP contribution in [0.25, 0.3) is 0 Å². The van der Waals surface area contributed by atoms with Crippen molar-refractivity contribution in [1.29, 1.82) is 0 Å². The second kappa shape index (κ2) is 16.0. The number of aromatic nitrogens is 1. The number of carbonyl (C=O) groups excluding carboxylic acids is 2. The molecule has 0 spiro atoms. The Bertz CT molecular complexity index is 980. The van der Waals surface area contributed by atoms with Gasteiger partial charge in [0.25, 0.3) is 11.8 Å². The first-order valence-electron chi connectivity index (χ1n) is 12.2. The third-order valence-electron chi connectivity index (χ3n) is 5.25. The molecule has 1 aromatic heterocycles. The van der Waals surface area contributed by atoms with Gasteiger partial charge in [-0.15, -0.1) is 0 Å². The number of amides is 2. The summed E-state index contributed by atoms with van der Waals surface area (Å²) in [6, 6.07) is 8.45. The molecule has 0 unspecified atom stereocenters. The van der Waals surface area contributed by atoms with Gasteiger partial charge in [0.15, 0.2) is 5.75 Å². The molecule has 36 heavy (non-hydrogen) atoms. The van der Waals surface area contributed by atoms with Gasteiger partial charge in [0, 0.05) is 18.0 Å². The second-order valence-electron chi connectivity index (χ2n) is 8.17. The highest BCUT2D eigenvalue weighted by Crippen LogP contribution is 2.26. The predicted octanol–water partition coefficient (Wildman–Crippen LogP) is 5.04. The molecule has 0 atom stereocenters. The molecule has 10 nitrogen and oxygen atoms in total. The van der Waals surface area contributed by atoms with Crippen LogP contribution in [0.3, 0.4) is 0 Å². The Morgan fingerprint density at radius 3 is 2.28 bits per heavy atom. The van der Waals surface area contributed by atoms with Gasteiger partial charge >= 0.3 is 12.1 Å². The minimum absolute atomic E-state index is 0.0397. The summed E-state index contributed by atoms with van der Waals surface area (Å²) in [5.41, 5.74) is 0.756. The molecule has 0 aliphatic heterocycles. The number of unbranched alkanes of at least 4 members (excludes halogenated alkanes) is 7. The first kappa shape index (κ1) is 28.4. The van der Waals surface area contributed by atoms with Gasteiger partial charge in [-0.05, 0) is 30.7 Å². The molecule has 0 fully saturated rings. The summed E-state index contributed by atoms with van der Waals surface area (Å²) >= 11 is 0. The third-order valence-corrected chi connectivity index (χ3v) is 5.25. The topological polar surface area (TPSA) is 136 Å². The molecule has 2 rings (SSSR count). The number of nitrogens with one attached hydrogen (secondary N) is 2. The van der Waals surface area contributed by atoms with Gasteiger partial charge in [0.05, 0.1) is 19.3 Å². The SMILES string of the molecule is CCCCCCCCCCOc1ccc(NC(=O)c2cnc(OC(=O)NCC(=O)O)c(OC)c2)cc1. The fourth-order valence-corrected chi connectivity index (χ4v) is 3.31. The maximum atomic E-state index is 12.6. The summed E-state index contributed by atoms with van der Waals surface area (Å²) in [4.78, 5) is 38.7. The number of hydrogen-bond acceptors (Lipinski definition) is 7. The van der Waals surface area contributed by atoms with Crippen LogP contribution < -0.4 is 24.8 Å². The van der Waals surface area contributed by atoms with E-state index in [4.69, 9.17) is 19.3 Å². The zero-order valence-electron chi connectivity index (χ0n) is 20.9. The molecule has 0 aliphatic rings. The molecule has 0 saturated carbocycles. The van der Waals surface area contributed by atoms with Crippen LogP contribution in [0.5, 0.6) is 17.4 Å². The van der Waals surface area contributed by atoms with E-state index in [0.29, 0.717) is 12.3 Å². The molecule has 2 aromatic rings. The van der Waals surface area contributed by atoms with Crippen molar-refractivity contribution >= 4 is 23.7 Å². The minimum atomic E-state index is -1.22. The molecular formula is C26H35N3O7. The van der Waals surface area contributed by atoms with Crippen LogP contribution >= 0.6 is 0 Å². The Labute approximate surface area is 211 Å². The number of nitrogens with zero attached hydrogens (tertiary/aromatic N) is 1. The van der Waals surface area contributed by atoms with Gasteiger partial charge in [-0.25, -0.2) is 9.78 Å². The number of hydrogen-bond donors (Lipinski definition) is 3. The van der Waals surface area contributed by atoms with Crippen LogP contribution in [0.2, 0.25) is 0 Å². The zero-order chi connectivity index (χ0) is 26.2. The number of rotatable bonds is 16. The lowest BCUT2D eigenvalue weighted by Crippen LogP contribution is -2.32. The van der Waals surface area contributed by atoms with E-state index >= 15 is 0 Å². The molecule has 3 N–H and O–H groups in total. The summed E-state index contributed by atoms with van der Waals surface area (Å²) in [6.07, 6.45) is 10.1. The average molecular weight is 502 g/mol. The van der Waals surface area contributed by atoms with Crippen LogP contribution in [0.4, 0.5) is 10.5 Å². The highest BCUT2D eigenvalue weighted by Gasteiger charge is 2.16. The van der Waals surface area contributed by atoms with Gasteiger partial charge in [-0.3, -0.25) is 9.59 Å². The number of aliphatic carboxylic acids is 1. The van der Waals surface area contributed by atoms with Crippen LogP contribution in [0.1, 0.15) is 68.6 Å². The number of anilines is 1. The fourth-order valence-electron chi connectivity index (χ4n) is 3.31. The number of carboxylic acid groups (broad SMARTS) is 1. The maximum Gasteiger partial charge on any atom is 0.414 e. The summed E-state index contributed by atoms with van der Waals surface area (Å²) in [5, 5.41) is 13.4. The van der Waals surface area contributed by atoms with Crippen LogP contribution in [0.15, 0.2) is 36.5 Å². The Morgan fingerprint density at radius 1 is 0.972 bits per heavy atom. The van der Waals surface area contributed by atoms with Crippen molar-refractivity contribution in [3.63, 3.8) is 0 Å². The summed E-state index contributed by atoms with van der Waals surface area (Å²) in [6.45, 7) is 2.28. The van der Waals surface area contributed by atoms with E-state index in [1.807, 2.05) is 5.32 Å². The van der Waals surface area contributed by atoms with Gasteiger partial charge in [-0.2, -0.15) is 0 Å². The molecule has 2 amide bonds. The Hall–Kier alpha value is -3.82. The highest BCUT2D eigenvalue weighted by atomic mass is 16.6. The van der Waals surface area contributed by atoms with Gasteiger partial charge in [0.1, 0.15) is 12.3 Å². The van der Waals surface area contributed by atoms with Gasteiger partial charge < -0.3 is 30.0 Å². The first-order chi connectivity index (χ1) is 17.4. The van der Waals surface area contributed by atoms with Crippen molar-refractivity contribution in [2.45, 2.75) is 58.3 Å².